The molecule has 7 nitrogen and oxygen atoms in total. The average Bonchev–Trinajstić information content (AvgIpc) is 2.80. The molecule has 0 unspecified atom stereocenters. The first-order valence-corrected chi connectivity index (χ1v) is 10.2. The van der Waals surface area contributed by atoms with Crippen molar-refractivity contribution in [3.63, 3.8) is 0 Å². The maximum Gasteiger partial charge on any atom is 0.248 e. The Morgan fingerprint density at radius 2 is 2.15 bits per heavy atom. The van der Waals surface area contributed by atoms with E-state index in [0.717, 1.165) is 0 Å². The molecule has 2 aromatic carbocycles. The highest BCUT2D eigenvalue weighted by Crippen LogP contribution is 2.36. The van der Waals surface area contributed by atoms with Crippen LogP contribution in [0.5, 0.6) is 5.75 Å². The zero-order chi connectivity index (χ0) is 23.8. The number of nitrogens with zero attached hydrogens (tertiary/aromatic N) is 2. The summed E-state index contributed by atoms with van der Waals surface area (Å²) in [5.41, 5.74) is 1.74. The van der Waals surface area contributed by atoms with Gasteiger partial charge in [-0.2, -0.15) is 5.26 Å². The highest BCUT2D eigenvalue weighted by atomic mass is 35.5. The molecule has 10 heteroatoms. The summed E-state index contributed by atoms with van der Waals surface area (Å²) in [7, 11) is 1.75. The molecule has 0 aliphatic rings. The molecule has 0 aliphatic heterocycles. The maximum absolute atomic E-state index is 13.6. The van der Waals surface area contributed by atoms with E-state index in [2.05, 4.69) is 27.0 Å². The van der Waals surface area contributed by atoms with Gasteiger partial charge in [0, 0.05) is 36.0 Å². The Morgan fingerprint density at radius 3 is 2.85 bits per heavy atom. The normalized spacial score (nSPS) is 10.9. The molecule has 0 bridgehead atoms. The molecule has 0 fully saturated rings. The van der Waals surface area contributed by atoms with Crippen molar-refractivity contribution >= 4 is 45.5 Å². The fourth-order valence-corrected chi connectivity index (χ4v) is 3.16. The van der Waals surface area contributed by atoms with Gasteiger partial charge in [-0.25, -0.2) is 8.78 Å². The summed E-state index contributed by atoms with van der Waals surface area (Å²) < 4.78 is 31.7. The lowest BCUT2D eigenvalue weighted by molar-refractivity contribution is -0.111. The number of alkyl halides is 1. The summed E-state index contributed by atoms with van der Waals surface area (Å²) >= 11 is 5.88. The monoisotopic (exact) mass is 471 g/mol. The van der Waals surface area contributed by atoms with Gasteiger partial charge in [-0.1, -0.05) is 17.7 Å². The van der Waals surface area contributed by atoms with Crippen molar-refractivity contribution in [1.82, 2.24) is 10.3 Å². The van der Waals surface area contributed by atoms with Gasteiger partial charge < -0.3 is 20.7 Å². The molecule has 1 amide bonds. The van der Waals surface area contributed by atoms with Crippen LogP contribution in [0.25, 0.3) is 10.9 Å². The quantitative estimate of drug-likeness (QED) is 0.391. The predicted octanol–water partition coefficient (Wildman–Crippen LogP) is 4.70. The number of hydrogen-bond donors (Lipinski definition) is 3. The number of anilines is 3. The fourth-order valence-electron chi connectivity index (χ4n) is 2.98. The first kappa shape index (κ1) is 23.9. The minimum absolute atomic E-state index is 0.0833. The average molecular weight is 472 g/mol. The Morgan fingerprint density at radius 1 is 1.33 bits per heavy atom. The molecule has 0 saturated heterocycles. The van der Waals surface area contributed by atoms with Crippen molar-refractivity contribution < 1.29 is 18.3 Å². The minimum atomic E-state index is -0.716. The Bertz CT molecular complexity index is 1240. The number of nitrogens with one attached hydrogen (secondary N) is 3. The molecule has 0 aliphatic carbocycles. The first-order chi connectivity index (χ1) is 16.0. The number of pyridine rings is 1. The van der Waals surface area contributed by atoms with E-state index in [-0.39, 0.29) is 28.6 Å². The van der Waals surface area contributed by atoms with Crippen LogP contribution in [0, 0.1) is 17.1 Å². The van der Waals surface area contributed by atoms with E-state index in [1.54, 1.807) is 25.3 Å². The summed E-state index contributed by atoms with van der Waals surface area (Å²) in [4.78, 5) is 16.6. The number of hydrogen-bond acceptors (Lipinski definition) is 6. The van der Waals surface area contributed by atoms with Gasteiger partial charge >= 0.3 is 0 Å². The van der Waals surface area contributed by atoms with Gasteiger partial charge in [-0.3, -0.25) is 9.78 Å². The number of aromatic nitrogens is 1. The van der Waals surface area contributed by atoms with Gasteiger partial charge in [0.05, 0.1) is 27.5 Å². The van der Waals surface area contributed by atoms with Crippen LogP contribution in [-0.4, -0.2) is 37.8 Å². The molecule has 1 heterocycles. The highest BCUT2D eigenvalue weighted by molar-refractivity contribution is 6.31. The minimum Gasteiger partial charge on any atom is -0.489 e. The number of amides is 1. The van der Waals surface area contributed by atoms with Gasteiger partial charge in [0.15, 0.2) is 0 Å². The van der Waals surface area contributed by atoms with Crippen molar-refractivity contribution in [3.05, 3.63) is 65.1 Å². The number of likely N-dealkylation sites (N-methyl/N-ethyl adjacent to an activating group) is 1. The summed E-state index contributed by atoms with van der Waals surface area (Å²) in [6.45, 7) is -0.425. The van der Waals surface area contributed by atoms with Crippen molar-refractivity contribution in [3.8, 4) is 11.8 Å². The molecule has 0 radical (unpaired) electrons. The molecule has 170 valence electrons. The van der Waals surface area contributed by atoms with Gasteiger partial charge in [0.1, 0.15) is 30.9 Å². The van der Waals surface area contributed by atoms with Crippen LogP contribution >= 0.6 is 11.6 Å². The van der Waals surface area contributed by atoms with E-state index < -0.39 is 18.4 Å². The number of carbonyl (C=O) groups excluding carboxylic acids is 1. The second-order valence-electron chi connectivity index (χ2n) is 6.76. The Labute approximate surface area is 194 Å². The third-order valence-corrected chi connectivity index (χ3v) is 4.75. The summed E-state index contributed by atoms with van der Waals surface area (Å²) in [5, 5.41) is 18.7. The molecule has 0 saturated carbocycles. The Kier molecular flexibility index (Phi) is 8.13. The topological polar surface area (TPSA) is 99.1 Å². The third-order valence-electron chi connectivity index (χ3n) is 4.46. The summed E-state index contributed by atoms with van der Waals surface area (Å²) in [6, 6.07) is 9.24. The molecule has 3 N–H and O–H groups in total. The van der Waals surface area contributed by atoms with E-state index >= 15 is 0 Å². The lowest BCUT2D eigenvalue weighted by Crippen LogP contribution is -2.12. The second kappa shape index (κ2) is 11.2. The molecule has 1 aromatic heterocycles. The lowest BCUT2D eigenvalue weighted by Gasteiger charge is -2.16. The fraction of sp³-hybridized carbons (Fsp3) is 0.174. The van der Waals surface area contributed by atoms with Gasteiger partial charge in [-0.15, -0.1) is 0 Å². The van der Waals surface area contributed by atoms with Crippen molar-refractivity contribution in [2.75, 3.05) is 37.5 Å². The molecule has 0 spiro atoms. The molecule has 33 heavy (non-hydrogen) atoms. The van der Waals surface area contributed by atoms with Crippen molar-refractivity contribution in [2.45, 2.75) is 0 Å². The number of rotatable bonds is 9. The van der Waals surface area contributed by atoms with Crippen molar-refractivity contribution in [1.29, 1.82) is 5.26 Å². The zero-order valence-corrected chi connectivity index (χ0v) is 18.3. The van der Waals surface area contributed by atoms with Gasteiger partial charge in [0.2, 0.25) is 5.91 Å². The number of halogens is 3. The smallest absolute Gasteiger partial charge is 0.248 e. The Hall–Kier alpha value is -3.74. The van der Waals surface area contributed by atoms with Crippen LogP contribution in [0.1, 0.15) is 5.56 Å². The van der Waals surface area contributed by atoms with E-state index in [0.29, 0.717) is 28.8 Å². The molecule has 3 aromatic rings. The van der Waals surface area contributed by atoms with Crippen LogP contribution in [0.3, 0.4) is 0 Å². The van der Waals surface area contributed by atoms with E-state index in [1.165, 1.54) is 30.5 Å². The number of fused-ring (bicyclic) bond motifs is 1. The van der Waals surface area contributed by atoms with Gasteiger partial charge in [-0.05, 0) is 31.3 Å². The van der Waals surface area contributed by atoms with Gasteiger partial charge in [0.25, 0.3) is 0 Å². The number of carbonyl (C=O) groups is 1. The predicted molar refractivity (Wildman–Crippen MR) is 124 cm³/mol. The molecule has 3 rings (SSSR count). The molecular formula is C23H20ClF2N5O2. The highest BCUT2D eigenvalue weighted by Gasteiger charge is 2.16. The van der Waals surface area contributed by atoms with E-state index in [4.69, 9.17) is 16.3 Å². The second-order valence-corrected chi connectivity index (χ2v) is 7.17. The van der Waals surface area contributed by atoms with Crippen LogP contribution in [0.4, 0.5) is 25.8 Å². The van der Waals surface area contributed by atoms with Crippen LogP contribution in [-0.2, 0) is 4.79 Å². The van der Waals surface area contributed by atoms with Crippen molar-refractivity contribution in [2.24, 2.45) is 0 Å². The third kappa shape index (κ3) is 5.94. The Balaban J connectivity index is 2.10. The summed E-state index contributed by atoms with van der Waals surface area (Å²) in [6.07, 6.45) is 4.36. The van der Waals surface area contributed by atoms with E-state index in [9.17, 15) is 18.8 Å². The SMILES string of the molecule is CNCC=CC(=O)Nc1cc2c(Nc3ccc(F)c(Cl)c3)c(C#N)cnc2cc1OCCF. The number of ether oxygens (including phenoxy) is 1. The maximum atomic E-state index is 13.6. The van der Waals surface area contributed by atoms with Crippen LogP contribution < -0.4 is 20.7 Å². The lowest BCUT2D eigenvalue weighted by atomic mass is 10.1. The molecular weight excluding hydrogens is 452 g/mol. The first-order valence-electron chi connectivity index (χ1n) is 9.86. The largest absolute Gasteiger partial charge is 0.489 e. The summed E-state index contributed by atoms with van der Waals surface area (Å²) in [5.74, 6) is -0.768. The number of benzene rings is 2. The van der Waals surface area contributed by atoms with Crippen LogP contribution in [0.2, 0.25) is 5.02 Å². The zero-order valence-electron chi connectivity index (χ0n) is 17.6. The number of nitriles is 1. The van der Waals surface area contributed by atoms with Crippen LogP contribution in [0.15, 0.2) is 48.7 Å². The molecule has 0 atom stereocenters. The standard InChI is InChI=1S/C23H20ClF2N5O2/c1-28-7-2-3-22(32)31-20-10-16-19(11-21(20)33-8-6-25)29-13-14(12-27)23(16)30-15-4-5-18(26)17(24)9-15/h2-5,9-11,13,28H,6-8H2,1H3,(H,29,30)(H,31,32). The van der Waals surface area contributed by atoms with E-state index in [1.807, 2.05) is 0 Å².